The highest BCUT2D eigenvalue weighted by Crippen LogP contribution is 2.30. The Bertz CT molecular complexity index is 1210. The van der Waals surface area contributed by atoms with Crippen molar-refractivity contribution in [2.24, 2.45) is 5.73 Å². The molecule has 4 N–H and O–H groups in total. The number of rotatable bonds is 8. The van der Waals surface area contributed by atoms with Crippen molar-refractivity contribution in [3.63, 3.8) is 0 Å². The van der Waals surface area contributed by atoms with E-state index >= 15 is 0 Å². The van der Waals surface area contributed by atoms with Gasteiger partial charge in [-0.2, -0.15) is 0 Å². The van der Waals surface area contributed by atoms with Gasteiger partial charge in [0, 0.05) is 16.5 Å². The first kappa shape index (κ1) is 20.7. The molecule has 3 aromatic carbocycles. The maximum Gasteiger partial charge on any atom is 0.307 e. The lowest BCUT2D eigenvalue weighted by atomic mass is 9.98. The number of ether oxygens (including phenoxy) is 1. The average Bonchev–Trinajstić information content (AvgIpc) is 3.20. The summed E-state index contributed by atoms with van der Waals surface area (Å²) >= 11 is 0. The second kappa shape index (κ2) is 9.04. The lowest BCUT2D eigenvalue weighted by molar-refractivity contribution is -0.136. The van der Waals surface area contributed by atoms with Crippen LogP contribution in [0.25, 0.3) is 22.1 Å². The first-order chi connectivity index (χ1) is 15.0. The number of furan rings is 1. The number of aliphatic hydroxyl groups excluding tert-OH is 1. The third kappa shape index (κ3) is 4.60. The zero-order valence-electron chi connectivity index (χ0n) is 16.8. The second-order valence-corrected chi connectivity index (χ2v) is 7.35. The van der Waals surface area contributed by atoms with Gasteiger partial charge in [-0.3, -0.25) is 4.79 Å². The number of carbonyl (C=O) groups is 1. The largest absolute Gasteiger partial charge is 0.488 e. The molecule has 31 heavy (non-hydrogen) atoms. The molecule has 0 saturated heterocycles. The van der Waals surface area contributed by atoms with Crippen LogP contribution in [0.15, 0.2) is 77.4 Å². The molecule has 0 aliphatic carbocycles. The van der Waals surface area contributed by atoms with Gasteiger partial charge in [0.1, 0.15) is 17.9 Å². The van der Waals surface area contributed by atoms with E-state index in [1.165, 1.54) is 0 Å². The van der Waals surface area contributed by atoms with Crippen LogP contribution in [0.1, 0.15) is 22.7 Å². The van der Waals surface area contributed by atoms with Gasteiger partial charge in [0.05, 0.1) is 25.3 Å². The Morgan fingerprint density at radius 1 is 1.00 bits per heavy atom. The lowest BCUT2D eigenvalue weighted by Crippen LogP contribution is -2.14. The third-order valence-electron chi connectivity index (χ3n) is 5.20. The molecule has 6 heteroatoms. The number of hydrogen-bond acceptors (Lipinski definition) is 5. The number of carboxylic acid groups (broad SMARTS) is 1. The maximum absolute atomic E-state index is 11.1. The van der Waals surface area contributed by atoms with Gasteiger partial charge in [0.25, 0.3) is 0 Å². The number of hydrogen-bond donors (Lipinski definition) is 3. The van der Waals surface area contributed by atoms with Crippen LogP contribution in [-0.2, 0) is 17.8 Å². The minimum atomic E-state index is -0.905. The molecule has 6 nitrogen and oxygen atoms in total. The summed E-state index contributed by atoms with van der Waals surface area (Å²) in [5, 5.41) is 19.4. The quantitative estimate of drug-likeness (QED) is 0.395. The van der Waals surface area contributed by atoms with Crippen molar-refractivity contribution in [2.45, 2.75) is 19.1 Å². The van der Waals surface area contributed by atoms with Crippen LogP contribution in [0.4, 0.5) is 0 Å². The predicted octanol–water partition coefficient (Wildman–Crippen LogP) is 4.30. The van der Waals surface area contributed by atoms with Crippen LogP contribution < -0.4 is 10.5 Å². The smallest absolute Gasteiger partial charge is 0.307 e. The fourth-order valence-corrected chi connectivity index (χ4v) is 3.54. The highest BCUT2D eigenvalue weighted by atomic mass is 16.5. The van der Waals surface area contributed by atoms with Crippen LogP contribution in [0.2, 0.25) is 0 Å². The summed E-state index contributed by atoms with van der Waals surface area (Å²) in [7, 11) is 0. The molecule has 158 valence electrons. The molecule has 1 atom stereocenters. The summed E-state index contributed by atoms with van der Waals surface area (Å²) in [6.45, 7) is 0.136. The monoisotopic (exact) mass is 417 g/mol. The summed E-state index contributed by atoms with van der Waals surface area (Å²) in [5.41, 5.74) is 11.0. The van der Waals surface area contributed by atoms with Crippen molar-refractivity contribution < 1.29 is 24.2 Å². The highest BCUT2D eigenvalue weighted by Gasteiger charge is 2.12. The van der Waals surface area contributed by atoms with E-state index in [0.717, 1.165) is 33.2 Å². The average molecular weight is 417 g/mol. The van der Waals surface area contributed by atoms with Gasteiger partial charge in [0.15, 0.2) is 0 Å². The number of fused-ring (bicyclic) bond motifs is 1. The van der Waals surface area contributed by atoms with Gasteiger partial charge in [0.2, 0.25) is 0 Å². The maximum atomic E-state index is 11.1. The molecule has 0 spiro atoms. The fourth-order valence-electron chi connectivity index (χ4n) is 3.54. The molecule has 4 aromatic rings. The zero-order chi connectivity index (χ0) is 21.8. The van der Waals surface area contributed by atoms with Crippen LogP contribution in [0, 0.1) is 0 Å². The Hall–Kier alpha value is -3.61. The number of aliphatic carboxylic acids is 1. The van der Waals surface area contributed by atoms with Crippen LogP contribution in [0.5, 0.6) is 5.75 Å². The number of benzene rings is 3. The summed E-state index contributed by atoms with van der Waals surface area (Å²) in [6.07, 6.45) is 1.56. The molecule has 0 amide bonds. The van der Waals surface area contributed by atoms with E-state index in [4.69, 9.17) is 20.0 Å². The SMILES string of the molecule is NC(CO)c1cccc(-c2ccc3occ(COc4ccccc4CC(=O)O)c3c2)c1. The first-order valence-corrected chi connectivity index (χ1v) is 9.94. The lowest BCUT2D eigenvalue weighted by Gasteiger charge is -2.11. The van der Waals surface area contributed by atoms with E-state index in [9.17, 15) is 9.90 Å². The molecular weight excluding hydrogens is 394 g/mol. The highest BCUT2D eigenvalue weighted by molar-refractivity contribution is 5.86. The molecule has 0 saturated carbocycles. The van der Waals surface area contributed by atoms with E-state index < -0.39 is 12.0 Å². The standard InChI is InChI=1S/C25H23NO5/c26-22(13-27)18-6-3-5-16(10-18)17-8-9-24-21(11-17)20(15-31-24)14-30-23-7-2-1-4-19(23)12-25(28)29/h1-11,15,22,27H,12-14,26H2,(H,28,29). The number of nitrogens with two attached hydrogens (primary N) is 1. The van der Waals surface area contributed by atoms with Gasteiger partial charge >= 0.3 is 5.97 Å². The van der Waals surface area contributed by atoms with Gasteiger partial charge in [-0.25, -0.2) is 0 Å². The minimum absolute atomic E-state index is 0.0984. The van der Waals surface area contributed by atoms with Gasteiger partial charge in [-0.05, 0) is 41.0 Å². The van der Waals surface area contributed by atoms with E-state index in [-0.39, 0.29) is 19.6 Å². The molecule has 0 aliphatic heterocycles. The molecule has 1 heterocycles. The van der Waals surface area contributed by atoms with Crippen molar-refractivity contribution in [1.29, 1.82) is 0 Å². The Labute approximate surface area is 179 Å². The van der Waals surface area contributed by atoms with Crippen molar-refractivity contribution in [1.82, 2.24) is 0 Å². The van der Waals surface area contributed by atoms with Crippen molar-refractivity contribution in [3.8, 4) is 16.9 Å². The molecule has 1 unspecified atom stereocenters. The molecule has 0 fully saturated rings. The van der Waals surface area contributed by atoms with Crippen molar-refractivity contribution >= 4 is 16.9 Å². The van der Waals surface area contributed by atoms with Crippen LogP contribution in [0.3, 0.4) is 0 Å². The Balaban J connectivity index is 1.61. The summed E-state index contributed by atoms with van der Waals surface area (Å²) in [6, 6.07) is 20.4. The topological polar surface area (TPSA) is 106 Å². The van der Waals surface area contributed by atoms with Gasteiger partial charge in [-0.15, -0.1) is 0 Å². The van der Waals surface area contributed by atoms with Crippen molar-refractivity contribution in [2.75, 3.05) is 6.61 Å². The third-order valence-corrected chi connectivity index (χ3v) is 5.20. The molecule has 4 rings (SSSR count). The Kier molecular flexibility index (Phi) is 6.02. The normalized spacial score (nSPS) is 12.1. The summed E-state index contributed by atoms with van der Waals surface area (Å²) in [4.78, 5) is 11.1. The fraction of sp³-hybridized carbons (Fsp3) is 0.160. The van der Waals surface area contributed by atoms with Crippen LogP contribution in [-0.4, -0.2) is 22.8 Å². The summed E-state index contributed by atoms with van der Waals surface area (Å²) in [5.74, 6) is -0.362. The molecule has 0 aliphatic rings. The van der Waals surface area contributed by atoms with E-state index in [2.05, 4.69) is 0 Å². The van der Waals surface area contributed by atoms with Gasteiger partial charge in [-0.1, -0.05) is 42.5 Å². The van der Waals surface area contributed by atoms with E-state index in [0.29, 0.717) is 11.3 Å². The number of para-hydroxylation sites is 1. The molecule has 1 aromatic heterocycles. The zero-order valence-corrected chi connectivity index (χ0v) is 16.8. The minimum Gasteiger partial charge on any atom is -0.488 e. The number of carboxylic acids is 1. The molecular formula is C25H23NO5. The second-order valence-electron chi connectivity index (χ2n) is 7.35. The summed E-state index contributed by atoms with van der Waals surface area (Å²) < 4.78 is 11.6. The van der Waals surface area contributed by atoms with Gasteiger partial charge < -0.3 is 25.1 Å². The predicted molar refractivity (Wildman–Crippen MR) is 118 cm³/mol. The Morgan fingerprint density at radius 3 is 2.61 bits per heavy atom. The molecule has 0 radical (unpaired) electrons. The van der Waals surface area contributed by atoms with Crippen LogP contribution >= 0.6 is 0 Å². The van der Waals surface area contributed by atoms with E-state index in [1.54, 1.807) is 24.5 Å². The first-order valence-electron chi connectivity index (χ1n) is 9.94. The van der Waals surface area contributed by atoms with Crippen molar-refractivity contribution in [3.05, 3.63) is 89.7 Å². The van der Waals surface area contributed by atoms with E-state index in [1.807, 2.05) is 48.5 Å². The number of aliphatic hydroxyl groups is 1. The molecule has 0 bridgehead atoms. The Morgan fingerprint density at radius 2 is 1.81 bits per heavy atom.